The molecule has 78 valence electrons. The first-order chi connectivity index (χ1) is 7.18. The molecule has 0 aliphatic rings. The molecule has 0 fully saturated rings. The van der Waals surface area contributed by atoms with E-state index < -0.39 is 0 Å². The third-order valence-corrected chi connectivity index (χ3v) is 3.09. The maximum Gasteiger partial charge on any atom is 0.00766 e. The van der Waals surface area contributed by atoms with E-state index in [-0.39, 0.29) is 6.04 Å². The monoisotopic (exact) mass is 199 g/mol. The molecule has 0 aliphatic heterocycles. The van der Waals surface area contributed by atoms with Gasteiger partial charge in [0.2, 0.25) is 0 Å². The highest BCUT2D eigenvalue weighted by Gasteiger charge is 2.10. The van der Waals surface area contributed by atoms with Gasteiger partial charge in [-0.05, 0) is 29.2 Å². The van der Waals surface area contributed by atoms with Crippen LogP contribution >= 0.6 is 0 Å². The quantitative estimate of drug-likeness (QED) is 0.789. The Kier molecular flexibility index (Phi) is 2.74. The Morgan fingerprint density at radius 1 is 0.933 bits per heavy atom. The molecule has 1 nitrogen and oxygen atoms in total. The second kappa shape index (κ2) is 4.03. The van der Waals surface area contributed by atoms with Crippen molar-refractivity contribution in [1.29, 1.82) is 0 Å². The molecular formula is C14H17N. The van der Waals surface area contributed by atoms with E-state index in [0.29, 0.717) is 5.92 Å². The van der Waals surface area contributed by atoms with Gasteiger partial charge in [0, 0.05) is 6.04 Å². The Morgan fingerprint density at radius 2 is 1.60 bits per heavy atom. The van der Waals surface area contributed by atoms with Crippen LogP contribution in [0.3, 0.4) is 0 Å². The van der Waals surface area contributed by atoms with E-state index in [9.17, 15) is 0 Å². The normalized spacial score (nSPS) is 15.1. The Balaban J connectivity index is 2.47. The van der Waals surface area contributed by atoms with E-state index >= 15 is 0 Å². The van der Waals surface area contributed by atoms with Crippen molar-refractivity contribution < 1.29 is 0 Å². The first kappa shape index (κ1) is 10.2. The van der Waals surface area contributed by atoms with Gasteiger partial charge in [-0.25, -0.2) is 0 Å². The minimum absolute atomic E-state index is 0.200. The summed E-state index contributed by atoms with van der Waals surface area (Å²) >= 11 is 0. The van der Waals surface area contributed by atoms with Gasteiger partial charge in [-0.1, -0.05) is 49.4 Å². The van der Waals surface area contributed by atoms with Crippen molar-refractivity contribution in [3.63, 3.8) is 0 Å². The molecule has 2 unspecified atom stereocenters. The molecule has 1 heteroatoms. The molecule has 2 atom stereocenters. The molecule has 2 N–H and O–H groups in total. The maximum atomic E-state index is 5.91. The Morgan fingerprint density at radius 3 is 2.27 bits per heavy atom. The zero-order chi connectivity index (χ0) is 10.8. The molecule has 15 heavy (non-hydrogen) atoms. The predicted octanol–water partition coefficient (Wildman–Crippen LogP) is 3.29. The molecule has 0 saturated heterocycles. The van der Waals surface area contributed by atoms with Crippen LogP contribution in [-0.2, 0) is 0 Å². The minimum Gasteiger partial charge on any atom is -0.327 e. The van der Waals surface area contributed by atoms with Crippen LogP contribution in [-0.4, -0.2) is 6.04 Å². The number of fused-ring (bicyclic) bond motifs is 1. The molecule has 0 radical (unpaired) electrons. The maximum absolute atomic E-state index is 5.91. The lowest BCUT2D eigenvalue weighted by molar-refractivity contribution is 0.614. The van der Waals surface area contributed by atoms with Gasteiger partial charge in [0.15, 0.2) is 0 Å². The van der Waals surface area contributed by atoms with Crippen LogP contribution in [0, 0.1) is 0 Å². The first-order valence-electron chi connectivity index (χ1n) is 5.43. The van der Waals surface area contributed by atoms with Gasteiger partial charge in [0.1, 0.15) is 0 Å². The van der Waals surface area contributed by atoms with Gasteiger partial charge in [0.05, 0.1) is 0 Å². The summed E-state index contributed by atoms with van der Waals surface area (Å²) in [5.41, 5.74) is 7.23. The predicted molar refractivity (Wildman–Crippen MR) is 66.0 cm³/mol. The summed E-state index contributed by atoms with van der Waals surface area (Å²) in [5, 5.41) is 2.58. The average molecular weight is 199 g/mol. The molecule has 2 rings (SSSR count). The second-order valence-corrected chi connectivity index (χ2v) is 4.25. The number of hydrogen-bond acceptors (Lipinski definition) is 1. The van der Waals surface area contributed by atoms with Gasteiger partial charge >= 0.3 is 0 Å². The fraction of sp³-hybridized carbons (Fsp3) is 0.286. The fourth-order valence-corrected chi connectivity index (χ4v) is 1.79. The van der Waals surface area contributed by atoms with Crippen LogP contribution in [0.2, 0.25) is 0 Å². The van der Waals surface area contributed by atoms with Crippen molar-refractivity contribution in [3.05, 3.63) is 48.0 Å². The van der Waals surface area contributed by atoms with Crippen molar-refractivity contribution in [3.8, 4) is 0 Å². The lowest BCUT2D eigenvalue weighted by Crippen LogP contribution is -2.22. The highest BCUT2D eigenvalue weighted by Crippen LogP contribution is 2.22. The van der Waals surface area contributed by atoms with Crippen LogP contribution < -0.4 is 5.73 Å². The molecule has 0 saturated carbocycles. The first-order valence-corrected chi connectivity index (χ1v) is 5.43. The molecule has 0 aromatic heterocycles. The van der Waals surface area contributed by atoms with E-state index in [1.807, 2.05) is 0 Å². The Hall–Kier alpha value is -1.34. The fourth-order valence-electron chi connectivity index (χ4n) is 1.79. The highest BCUT2D eigenvalue weighted by molar-refractivity contribution is 5.83. The highest BCUT2D eigenvalue weighted by atomic mass is 14.6. The summed E-state index contributed by atoms with van der Waals surface area (Å²) in [7, 11) is 0. The van der Waals surface area contributed by atoms with Crippen molar-refractivity contribution in [2.45, 2.75) is 25.8 Å². The lowest BCUT2D eigenvalue weighted by Gasteiger charge is -2.16. The third kappa shape index (κ3) is 2.02. The van der Waals surface area contributed by atoms with Crippen molar-refractivity contribution in [1.82, 2.24) is 0 Å². The molecule has 0 amide bonds. The zero-order valence-electron chi connectivity index (χ0n) is 9.27. The molecule has 0 spiro atoms. The van der Waals surface area contributed by atoms with Gasteiger partial charge in [-0.3, -0.25) is 0 Å². The summed E-state index contributed by atoms with van der Waals surface area (Å²) in [6.07, 6.45) is 0. The Labute approximate surface area is 90.9 Å². The summed E-state index contributed by atoms with van der Waals surface area (Å²) in [4.78, 5) is 0. The molecule has 0 aliphatic carbocycles. The van der Waals surface area contributed by atoms with Gasteiger partial charge in [-0.2, -0.15) is 0 Å². The summed E-state index contributed by atoms with van der Waals surface area (Å²) in [5.74, 6) is 0.412. The smallest absolute Gasteiger partial charge is 0.00766 e. The minimum atomic E-state index is 0.200. The van der Waals surface area contributed by atoms with Gasteiger partial charge < -0.3 is 5.73 Å². The molecule has 0 bridgehead atoms. The lowest BCUT2D eigenvalue weighted by atomic mass is 9.93. The van der Waals surface area contributed by atoms with Crippen LogP contribution in [0.15, 0.2) is 42.5 Å². The zero-order valence-corrected chi connectivity index (χ0v) is 9.27. The van der Waals surface area contributed by atoms with E-state index in [1.165, 1.54) is 16.3 Å². The van der Waals surface area contributed by atoms with Crippen molar-refractivity contribution >= 4 is 10.8 Å². The van der Waals surface area contributed by atoms with Crippen LogP contribution in [0.5, 0.6) is 0 Å². The number of benzene rings is 2. The van der Waals surface area contributed by atoms with E-state index in [4.69, 9.17) is 5.73 Å². The largest absolute Gasteiger partial charge is 0.327 e. The molecule has 2 aromatic carbocycles. The standard InChI is InChI=1S/C14H17N/c1-10(11(2)15)13-8-7-12-5-3-4-6-14(12)9-13/h3-11H,15H2,1-2H3. The molecule has 0 heterocycles. The van der Waals surface area contributed by atoms with E-state index in [2.05, 4.69) is 56.3 Å². The van der Waals surface area contributed by atoms with Crippen molar-refractivity contribution in [2.24, 2.45) is 5.73 Å². The second-order valence-electron chi connectivity index (χ2n) is 4.25. The third-order valence-electron chi connectivity index (χ3n) is 3.09. The topological polar surface area (TPSA) is 26.0 Å². The van der Waals surface area contributed by atoms with Crippen LogP contribution in [0.25, 0.3) is 10.8 Å². The van der Waals surface area contributed by atoms with E-state index in [0.717, 1.165) is 0 Å². The summed E-state index contributed by atoms with van der Waals surface area (Å²) in [6, 6.07) is 15.2. The van der Waals surface area contributed by atoms with E-state index in [1.54, 1.807) is 0 Å². The van der Waals surface area contributed by atoms with Crippen LogP contribution in [0.1, 0.15) is 25.3 Å². The number of rotatable bonds is 2. The van der Waals surface area contributed by atoms with Gasteiger partial charge in [-0.15, -0.1) is 0 Å². The van der Waals surface area contributed by atoms with Crippen molar-refractivity contribution in [2.75, 3.05) is 0 Å². The van der Waals surface area contributed by atoms with Crippen LogP contribution in [0.4, 0.5) is 0 Å². The number of hydrogen-bond donors (Lipinski definition) is 1. The summed E-state index contributed by atoms with van der Waals surface area (Å²) < 4.78 is 0. The SMILES string of the molecule is CC(N)C(C)c1ccc2ccccc2c1. The molecule has 2 aromatic rings. The Bertz CT molecular complexity index is 460. The number of nitrogens with two attached hydrogens (primary N) is 1. The summed E-state index contributed by atoms with van der Waals surface area (Å²) in [6.45, 7) is 4.23. The average Bonchev–Trinajstić information content (AvgIpc) is 2.27. The molecular weight excluding hydrogens is 182 g/mol. The van der Waals surface area contributed by atoms with Gasteiger partial charge in [0.25, 0.3) is 0 Å².